The molecule has 1 aromatic heterocycles. The fourth-order valence-corrected chi connectivity index (χ4v) is 2.72. The van der Waals surface area contributed by atoms with E-state index in [0.29, 0.717) is 11.3 Å². The van der Waals surface area contributed by atoms with Crippen LogP contribution in [0.4, 0.5) is 0 Å². The van der Waals surface area contributed by atoms with Crippen LogP contribution in [0.1, 0.15) is 5.56 Å². The Morgan fingerprint density at radius 1 is 0.920 bits per heavy atom. The number of ether oxygens (including phenoxy) is 1. The summed E-state index contributed by atoms with van der Waals surface area (Å²) in [6.07, 6.45) is 0.227. The van der Waals surface area contributed by atoms with Crippen molar-refractivity contribution >= 4 is 16.9 Å². The van der Waals surface area contributed by atoms with Crippen molar-refractivity contribution in [1.82, 2.24) is 5.16 Å². The smallest absolute Gasteiger partial charge is 0.315 e. The molecular formula is C21H15NO3. The van der Waals surface area contributed by atoms with Gasteiger partial charge in [0.1, 0.15) is 11.4 Å². The van der Waals surface area contributed by atoms with Gasteiger partial charge in [-0.1, -0.05) is 65.8 Å². The van der Waals surface area contributed by atoms with Crippen LogP contribution in [0.25, 0.3) is 22.2 Å². The standard InChI is InChI=1S/C21H15NO3/c23-20(13-15-7-3-1-4-8-15)24-17-11-12-18-19(14-17)25-22-21(18)16-9-5-2-6-10-16/h1-12,14H,13H2. The van der Waals surface area contributed by atoms with Crippen molar-refractivity contribution < 1.29 is 14.1 Å². The van der Waals surface area contributed by atoms with E-state index < -0.39 is 0 Å². The van der Waals surface area contributed by atoms with E-state index in [1.165, 1.54) is 0 Å². The van der Waals surface area contributed by atoms with Gasteiger partial charge in [-0.25, -0.2) is 0 Å². The molecule has 0 atom stereocenters. The number of hydrogen-bond donors (Lipinski definition) is 0. The lowest BCUT2D eigenvalue weighted by molar-refractivity contribution is -0.133. The van der Waals surface area contributed by atoms with Crippen LogP contribution in [0.5, 0.6) is 5.75 Å². The zero-order chi connectivity index (χ0) is 17.1. The molecule has 3 aromatic carbocycles. The van der Waals surface area contributed by atoms with Crippen LogP contribution in [-0.4, -0.2) is 11.1 Å². The Morgan fingerprint density at radius 3 is 2.40 bits per heavy atom. The van der Waals surface area contributed by atoms with Gasteiger partial charge in [-0.3, -0.25) is 4.79 Å². The van der Waals surface area contributed by atoms with Gasteiger partial charge in [-0.05, 0) is 17.7 Å². The average Bonchev–Trinajstić information content (AvgIpc) is 3.06. The zero-order valence-corrected chi connectivity index (χ0v) is 13.4. The van der Waals surface area contributed by atoms with Crippen molar-refractivity contribution in [3.8, 4) is 17.0 Å². The molecule has 0 bridgehead atoms. The molecule has 0 unspecified atom stereocenters. The summed E-state index contributed by atoms with van der Waals surface area (Å²) in [4.78, 5) is 12.1. The molecule has 0 radical (unpaired) electrons. The van der Waals surface area contributed by atoms with Crippen LogP contribution in [0, 0.1) is 0 Å². The molecule has 4 nitrogen and oxygen atoms in total. The lowest BCUT2D eigenvalue weighted by Gasteiger charge is -2.04. The molecule has 25 heavy (non-hydrogen) atoms. The normalized spacial score (nSPS) is 10.7. The van der Waals surface area contributed by atoms with Gasteiger partial charge in [-0.15, -0.1) is 0 Å². The van der Waals surface area contributed by atoms with Crippen molar-refractivity contribution in [2.75, 3.05) is 0 Å². The van der Waals surface area contributed by atoms with Gasteiger partial charge in [0, 0.05) is 17.0 Å². The first-order valence-corrected chi connectivity index (χ1v) is 7.99. The topological polar surface area (TPSA) is 52.3 Å². The Bertz CT molecular complexity index is 1010. The third kappa shape index (κ3) is 3.28. The van der Waals surface area contributed by atoms with Crippen LogP contribution < -0.4 is 4.74 Å². The summed E-state index contributed by atoms with van der Waals surface area (Å²) in [5.41, 5.74) is 3.26. The van der Waals surface area contributed by atoms with E-state index in [9.17, 15) is 4.79 Å². The number of nitrogens with zero attached hydrogens (tertiary/aromatic N) is 1. The molecule has 4 rings (SSSR count). The van der Waals surface area contributed by atoms with Gasteiger partial charge in [0.15, 0.2) is 5.58 Å². The largest absolute Gasteiger partial charge is 0.426 e. The Morgan fingerprint density at radius 2 is 1.64 bits per heavy atom. The van der Waals surface area contributed by atoms with E-state index in [0.717, 1.165) is 22.2 Å². The molecule has 1 heterocycles. The summed E-state index contributed by atoms with van der Waals surface area (Å²) in [6, 6.07) is 24.6. The number of esters is 1. The van der Waals surface area contributed by atoms with Crippen molar-refractivity contribution in [2.45, 2.75) is 6.42 Å². The molecule has 0 spiro atoms. The number of fused-ring (bicyclic) bond motifs is 1. The third-order valence-electron chi connectivity index (χ3n) is 3.91. The van der Waals surface area contributed by atoms with E-state index in [1.807, 2.05) is 66.7 Å². The predicted octanol–water partition coefficient (Wildman–Crippen LogP) is 4.64. The summed E-state index contributed by atoms with van der Waals surface area (Å²) in [5, 5.41) is 5.02. The number of benzene rings is 3. The van der Waals surface area contributed by atoms with Gasteiger partial charge < -0.3 is 9.26 Å². The Labute approximate surface area is 144 Å². The van der Waals surface area contributed by atoms with Crippen molar-refractivity contribution in [1.29, 1.82) is 0 Å². The molecule has 0 aliphatic carbocycles. The highest BCUT2D eigenvalue weighted by Crippen LogP contribution is 2.30. The molecule has 0 amide bonds. The highest BCUT2D eigenvalue weighted by molar-refractivity contribution is 5.92. The number of carbonyl (C=O) groups is 1. The molecule has 0 aliphatic heterocycles. The first-order chi connectivity index (χ1) is 12.3. The summed E-state index contributed by atoms with van der Waals surface area (Å²) >= 11 is 0. The van der Waals surface area contributed by atoms with Gasteiger partial charge in [-0.2, -0.15) is 0 Å². The average molecular weight is 329 g/mol. The Kier molecular flexibility index (Phi) is 4.01. The molecule has 122 valence electrons. The monoisotopic (exact) mass is 329 g/mol. The summed E-state index contributed by atoms with van der Waals surface area (Å²) in [5.74, 6) is 0.137. The summed E-state index contributed by atoms with van der Waals surface area (Å²) in [6.45, 7) is 0. The maximum atomic E-state index is 12.1. The van der Waals surface area contributed by atoms with E-state index in [1.54, 1.807) is 12.1 Å². The molecular weight excluding hydrogens is 314 g/mol. The maximum absolute atomic E-state index is 12.1. The number of carbonyl (C=O) groups excluding carboxylic acids is 1. The zero-order valence-electron chi connectivity index (χ0n) is 13.4. The van der Waals surface area contributed by atoms with Gasteiger partial charge in [0.05, 0.1) is 6.42 Å². The lowest BCUT2D eigenvalue weighted by Crippen LogP contribution is -2.11. The van der Waals surface area contributed by atoms with Crippen LogP contribution in [-0.2, 0) is 11.2 Å². The predicted molar refractivity (Wildman–Crippen MR) is 95.2 cm³/mol. The lowest BCUT2D eigenvalue weighted by atomic mass is 10.1. The van der Waals surface area contributed by atoms with Gasteiger partial charge in [0.2, 0.25) is 0 Å². The van der Waals surface area contributed by atoms with Crippen molar-refractivity contribution in [3.63, 3.8) is 0 Å². The van der Waals surface area contributed by atoms with Gasteiger partial charge in [0.25, 0.3) is 0 Å². The second-order valence-electron chi connectivity index (χ2n) is 5.69. The highest BCUT2D eigenvalue weighted by Gasteiger charge is 2.13. The SMILES string of the molecule is O=C(Cc1ccccc1)Oc1ccc2c(-c3ccccc3)noc2c1. The molecule has 0 fully saturated rings. The fourth-order valence-electron chi connectivity index (χ4n) is 2.72. The number of aromatic nitrogens is 1. The Hall–Kier alpha value is -3.40. The first-order valence-electron chi connectivity index (χ1n) is 7.99. The molecule has 4 aromatic rings. The fraction of sp³-hybridized carbons (Fsp3) is 0.0476. The van der Waals surface area contributed by atoms with E-state index in [4.69, 9.17) is 9.26 Å². The minimum Gasteiger partial charge on any atom is -0.426 e. The number of rotatable bonds is 4. The van der Waals surface area contributed by atoms with E-state index in [2.05, 4.69) is 5.16 Å². The van der Waals surface area contributed by atoms with Crippen molar-refractivity contribution in [3.05, 3.63) is 84.4 Å². The van der Waals surface area contributed by atoms with Crippen LogP contribution in [0.3, 0.4) is 0 Å². The number of hydrogen-bond acceptors (Lipinski definition) is 4. The minimum absolute atomic E-state index is 0.227. The minimum atomic E-state index is -0.312. The quantitative estimate of drug-likeness (QED) is 0.404. The Balaban J connectivity index is 1.55. The third-order valence-corrected chi connectivity index (χ3v) is 3.91. The van der Waals surface area contributed by atoms with Gasteiger partial charge >= 0.3 is 5.97 Å². The maximum Gasteiger partial charge on any atom is 0.315 e. The van der Waals surface area contributed by atoms with E-state index in [-0.39, 0.29) is 12.4 Å². The molecule has 0 saturated heterocycles. The molecule has 0 aliphatic rings. The van der Waals surface area contributed by atoms with Crippen molar-refractivity contribution in [2.24, 2.45) is 0 Å². The second kappa shape index (κ2) is 6.61. The van der Waals surface area contributed by atoms with Crippen LogP contribution in [0.15, 0.2) is 83.4 Å². The first kappa shape index (κ1) is 15.1. The molecule has 0 saturated carbocycles. The van der Waals surface area contributed by atoms with E-state index >= 15 is 0 Å². The second-order valence-corrected chi connectivity index (χ2v) is 5.69. The summed E-state index contributed by atoms with van der Waals surface area (Å²) in [7, 11) is 0. The highest BCUT2D eigenvalue weighted by atomic mass is 16.5. The summed E-state index contributed by atoms with van der Waals surface area (Å²) < 4.78 is 10.8. The molecule has 0 N–H and O–H groups in total. The van der Waals surface area contributed by atoms with Crippen LogP contribution >= 0.6 is 0 Å². The van der Waals surface area contributed by atoms with Crippen LogP contribution in [0.2, 0.25) is 0 Å². The molecule has 4 heteroatoms.